The van der Waals surface area contributed by atoms with E-state index in [9.17, 15) is 0 Å². The van der Waals surface area contributed by atoms with Gasteiger partial charge >= 0.3 is 0 Å². The first kappa shape index (κ1) is 11.0. The molecular weight excluding hydrogens is 190 g/mol. The van der Waals surface area contributed by atoms with Crippen LogP contribution in [0.1, 0.15) is 11.3 Å². The van der Waals surface area contributed by atoms with Crippen molar-refractivity contribution in [2.45, 2.75) is 26.2 Å². The van der Waals surface area contributed by atoms with Crippen molar-refractivity contribution in [1.29, 1.82) is 0 Å². The van der Waals surface area contributed by atoms with E-state index >= 15 is 0 Å². The molecule has 0 aliphatic heterocycles. The zero-order valence-electron chi connectivity index (χ0n) is 8.83. The molecule has 0 saturated heterocycles. The normalized spacial score (nSPS) is 10.6. The van der Waals surface area contributed by atoms with Gasteiger partial charge in [-0.2, -0.15) is 0 Å². The second kappa shape index (κ2) is 4.40. The molecule has 1 rings (SSSR count). The van der Waals surface area contributed by atoms with E-state index in [-0.39, 0.29) is 6.61 Å². The van der Waals surface area contributed by atoms with Crippen LogP contribution in [0, 0.1) is 11.5 Å². The first-order valence-electron chi connectivity index (χ1n) is 4.60. The van der Waals surface area contributed by atoms with Gasteiger partial charge in [-0.15, -0.1) is 5.54 Å². The Morgan fingerprint density at radius 3 is 2.50 bits per heavy atom. The molecule has 1 N–H and O–H groups in total. The summed E-state index contributed by atoms with van der Waals surface area (Å²) in [7, 11) is -1.30. The maximum absolute atomic E-state index is 8.80. The van der Waals surface area contributed by atoms with Crippen molar-refractivity contribution in [2.75, 3.05) is 0 Å². The Balaban J connectivity index is 2.82. The number of nitrogens with zero attached hydrogens (tertiary/aromatic N) is 1. The van der Waals surface area contributed by atoms with Crippen molar-refractivity contribution in [3.63, 3.8) is 0 Å². The smallest absolute Gasteiger partial charge is 0.129 e. The Labute approximate surface area is 86.0 Å². The SMILES string of the molecule is C[Si](C)(C)C#Cc1ccc(CO)nc1. The zero-order chi connectivity index (χ0) is 10.6. The standard InChI is InChI=1S/C11H15NOSi/c1-14(2,3)7-6-10-4-5-11(9-13)12-8-10/h4-5,8,13H,9H2,1-3H3. The van der Waals surface area contributed by atoms with Crippen LogP contribution in [0.25, 0.3) is 0 Å². The van der Waals surface area contributed by atoms with Crippen molar-refractivity contribution < 1.29 is 5.11 Å². The lowest BCUT2D eigenvalue weighted by Gasteiger charge is -2.03. The predicted octanol–water partition coefficient (Wildman–Crippen LogP) is 1.80. The maximum atomic E-state index is 8.80. The van der Waals surface area contributed by atoms with Crippen molar-refractivity contribution in [3.05, 3.63) is 29.6 Å². The van der Waals surface area contributed by atoms with Crippen LogP contribution in [-0.4, -0.2) is 18.2 Å². The van der Waals surface area contributed by atoms with Gasteiger partial charge in [0.1, 0.15) is 8.07 Å². The number of hydrogen-bond acceptors (Lipinski definition) is 2. The highest BCUT2D eigenvalue weighted by Crippen LogP contribution is 2.01. The lowest BCUT2D eigenvalue weighted by atomic mass is 10.3. The molecule has 3 heteroatoms. The summed E-state index contributed by atoms with van der Waals surface area (Å²) in [6.45, 7) is 6.60. The van der Waals surface area contributed by atoms with Crippen LogP contribution in [0.15, 0.2) is 18.3 Å². The molecule has 0 radical (unpaired) electrons. The van der Waals surface area contributed by atoms with Gasteiger partial charge in [0.05, 0.1) is 12.3 Å². The van der Waals surface area contributed by atoms with Gasteiger partial charge < -0.3 is 5.11 Å². The molecule has 0 atom stereocenters. The summed E-state index contributed by atoms with van der Waals surface area (Å²) in [6.07, 6.45) is 1.71. The summed E-state index contributed by atoms with van der Waals surface area (Å²) in [5, 5.41) is 8.80. The molecule has 0 aliphatic rings. The van der Waals surface area contributed by atoms with E-state index in [0.717, 1.165) is 5.56 Å². The number of aliphatic hydroxyl groups is 1. The fraction of sp³-hybridized carbons (Fsp3) is 0.364. The van der Waals surface area contributed by atoms with Crippen molar-refractivity contribution in [3.8, 4) is 11.5 Å². The molecule has 14 heavy (non-hydrogen) atoms. The topological polar surface area (TPSA) is 33.1 Å². The number of aromatic nitrogens is 1. The van der Waals surface area contributed by atoms with Crippen LogP contribution >= 0.6 is 0 Å². The summed E-state index contributed by atoms with van der Waals surface area (Å²) in [4.78, 5) is 4.06. The van der Waals surface area contributed by atoms with Crippen molar-refractivity contribution >= 4 is 8.07 Å². The molecule has 1 aromatic heterocycles. The van der Waals surface area contributed by atoms with Crippen molar-refractivity contribution in [2.24, 2.45) is 0 Å². The lowest BCUT2D eigenvalue weighted by Crippen LogP contribution is -2.16. The fourth-order valence-electron chi connectivity index (χ4n) is 0.852. The summed E-state index contributed by atoms with van der Waals surface area (Å²) >= 11 is 0. The summed E-state index contributed by atoms with van der Waals surface area (Å²) in [5.74, 6) is 3.10. The Hall–Kier alpha value is -1.11. The van der Waals surface area contributed by atoms with Crippen LogP contribution < -0.4 is 0 Å². The molecule has 0 bridgehead atoms. The van der Waals surface area contributed by atoms with Gasteiger partial charge in [-0.25, -0.2) is 0 Å². The molecule has 0 saturated carbocycles. The maximum Gasteiger partial charge on any atom is 0.129 e. The van der Waals surface area contributed by atoms with Crippen LogP contribution in [-0.2, 0) is 6.61 Å². The van der Waals surface area contributed by atoms with Gasteiger partial charge in [-0.05, 0) is 12.1 Å². The van der Waals surface area contributed by atoms with E-state index in [1.807, 2.05) is 6.07 Å². The second-order valence-electron chi connectivity index (χ2n) is 4.20. The van der Waals surface area contributed by atoms with E-state index in [0.29, 0.717) is 5.69 Å². The molecule has 0 aromatic carbocycles. The summed E-state index contributed by atoms with van der Waals surface area (Å²) in [5.41, 5.74) is 4.87. The summed E-state index contributed by atoms with van der Waals surface area (Å²) < 4.78 is 0. The quantitative estimate of drug-likeness (QED) is 0.560. The molecule has 2 nitrogen and oxygen atoms in total. The molecule has 0 spiro atoms. The minimum atomic E-state index is -1.30. The first-order valence-corrected chi connectivity index (χ1v) is 8.10. The van der Waals surface area contributed by atoms with E-state index in [2.05, 4.69) is 36.1 Å². The lowest BCUT2D eigenvalue weighted by molar-refractivity contribution is 0.277. The van der Waals surface area contributed by atoms with Crippen LogP contribution in [0.3, 0.4) is 0 Å². The number of hydrogen-bond donors (Lipinski definition) is 1. The number of rotatable bonds is 1. The van der Waals surface area contributed by atoms with Crippen LogP contribution in [0.5, 0.6) is 0 Å². The number of aliphatic hydroxyl groups excluding tert-OH is 1. The summed E-state index contributed by atoms with van der Waals surface area (Å²) in [6, 6.07) is 3.69. The highest BCUT2D eigenvalue weighted by molar-refractivity contribution is 6.83. The Morgan fingerprint density at radius 1 is 1.36 bits per heavy atom. The second-order valence-corrected chi connectivity index (χ2v) is 8.95. The monoisotopic (exact) mass is 205 g/mol. The minimum absolute atomic E-state index is 0.0122. The molecule has 0 unspecified atom stereocenters. The van der Waals surface area contributed by atoms with Crippen LogP contribution in [0.4, 0.5) is 0 Å². The predicted molar refractivity (Wildman–Crippen MR) is 60.4 cm³/mol. The third-order valence-electron chi connectivity index (χ3n) is 1.57. The average Bonchev–Trinajstić information content (AvgIpc) is 2.14. The van der Waals surface area contributed by atoms with Gasteiger partial charge in [0.15, 0.2) is 0 Å². The van der Waals surface area contributed by atoms with Crippen LogP contribution in [0.2, 0.25) is 19.6 Å². The third-order valence-corrected chi connectivity index (χ3v) is 2.44. The molecule has 0 fully saturated rings. The average molecular weight is 205 g/mol. The number of pyridine rings is 1. The molecule has 0 amide bonds. The third kappa shape index (κ3) is 3.73. The highest BCUT2D eigenvalue weighted by atomic mass is 28.3. The van der Waals surface area contributed by atoms with Gasteiger partial charge in [-0.3, -0.25) is 4.98 Å². The Kier molecular flexibility index (Phi) is 3.45. The van der Waals surface area contributed by atoms with Gasteiger partial charge in [-0.1, -0.05) is 25.6 Å². The minimum Gasteiger partial charge on any atom is -0.390 e. The van der Waals surface area contributed by atoms with Crippen molar-refractivity contribution in [1.82, 2.24) is 4.98 Å². The van der Waals surface area contributed by atoms with E-state index in [4.69, 9.17) is 5.11 Å². The molecule has 0 aliphatic carbocycles. The molecule has 74 valence electrons. The Morgan fingerprint density at radius 2 is 2.07 bits per heavy atom. The van der Waals surface area contributed by atoms with Gasteiger partial charge in [0.2, 0.25) is 0 Å². The fourth-order valence-corrected chi connectivity index (χ4v) is 1.37. The van der Waals surface area contributed by atoms with Gasteiger partial charge in [0, 0.05) is 11.8 Å². The zero-order valence-corrected chi connectivity index (χ0v) is 9.83. The molecular formula is C11H15NOSi. The molecule has 1 heterocycles. The van der Waals surface area contributed by atoms with Gasteiger partial charge in [0.25, 0.3) is 0 Å². The Bertz CT molecular complexity index is 354. The highest BCUT2D eigenvalue weighted by Gasteiger charge is 2.07. The molecule has 1 aromatic rings. The van der Waals surface area contributed by atoms with E-state index < -0.39 is 8.07 Å². The van der Waals surface area contributed by atoms with E-state index in [1.54, 1.807) is 12.3 Å². The largest absolute Gasteiger partial charge is 0.390 e. The first-order chi connectivity index (χ1) is 6.51. The van der Waals surface area contributed by atoms with E-state index in [1.165, 1.54) is 0 Å².